The van der Waals surface area contributed by atoms with Crippen LogP contribution < -0.4 is 10.2 Å². The van der Waals surface area contributed by atoms with Crippen LogP contribution >= 0.6 is 11.3 Å². The lowest BCUT2D eigenvalue weighted by molar-refractivity contribution is 0.103. The second-order valence-electron chi connectivity index (χ2n) is 4.40. The Morgan fingerprint density at radius 2 is 1.89 bits per heavy atom. The number of anilines is 2. The standard InChI is InChI=1S/C13H16N4OS/c1-8-11(9(2)15-13(14-8)17(3)4)16-12(18)10-6-5-7-19-10/h5-7H,1-4H3,(H,16,18). The Bertz CT molecular complexity index is 570. The zero-order valence-corrected chi connectivity index (χ0v) is 12.2. The molecular formula is C13H16N4OS. The van der Waals surface area contributed by atoms with Crippen LogP contribution in [0.1, 0.15) is 21.1 Å². The van der Waals surface area contributed by atoms with Crippen molar-refractivity contribution in [2.75, 3.05) is 24.3 Å². The lowest BCUT2D eigenvalue weighted by atomic mass is 10.2. The molecule has 0 aliphatic carbocycles. The minimum atomic E-state index is -0.123. The van der Waals surface area contributed by atoms with Crippen LogP contribution in [0.25, 0.3) is 0 Å². The highest BCUT2D eigenvalue weighted by Gasteiger charge is 2.14. The molecule has 0 fully saturated rings. The zero-order chi connectivity index (χ0) is 14.0. The molecular weight excluding hydrogens is 260 g/mol. The quantitative estimate of drug-likeness (QED) is 0.935. The second-order valence-corrected chi connectivity index (χ2v) is 5.34. The lowest BCUT2D eigenvalue weighted by Gasteiger charge is -2.15. The van der Waals surface area contributed by atoms with Crippen molar-refractivity contribution < 1.29 is 4.79 Å². The zero-order valence-electron chi connectivity index (χ0n) is 11.4. The van der Waals surface area contributed by atoms with Crippen LogP contribution in [0.2, 0.25) is 0 Å². The fourth-order valence-corrected chi connectivity index (χ4v) is 2.28. The first-order chi connectivity index (χ1) is 8.99. The van der Waals surface area contributed by atoms with E-state index in [0.717, 1.165) is 11.4 Å². The van der Waals surface area contributed by atoms with Gasteiger partial charge in [0.05, 0.1) is 22.0 Å². The van der Waals surface area contributed by atoms with Gasteiger partial charge in [0.25, 0.3) is 5.91 Å². The van der Waals surface area contributed by atoms with Gasteiger partial charge in [0.1, 0.15) is 0 Å². The molecule has 2 rings (SSSR count). The molecule has 0 spiro atoms. The van der Waals surface area contributed by atoms with Crippen LogP contribution in [0.3, 0.4) is 0 Å². The van der Waals surface area contributed by atoms with E-state index < -0.39 is 0 Å². The summed E-state index contributed by atoms with van der Waals surface area (Å²) in [5.74, 6) is 0.520. The molecule has 1 N–H and O–H groups in total. The molecule has 0 atom stereocenters. The Labute approximate surface area is 116 Å². The number of aromatic nitrogens is 2. The van der Waals surface area contributed by atoms with E-state index in [4.69, 9.17) is 0 Å². The van der Waals surface area contributed by atoms with Crippen LogP contribution in [0.5, 0.6) is 0 Å². The number of carbonyl (C=O) groups is 1. The molecule has 2 heterocycles. The highest BCUT2D eigenvalue weighted by molar-refractivity contribution is 7.12. The van der Waals surface area contributed by atoms with Crippen molar-refractivity contribution in [3.05, 3.63) is 33.8 Å². The van der Waals surface area contributed by atoms with Crippen molar-refractivity contribution >= 4 is 28.9 Å². The average Bonchev–Trinajstić information content (AvgIpc) is 2.86. The van der Waals surface area contributed by atoms with E-state index >= 15 is 0 Å². The molecule has 2 aromatic rings. The summed E-state index contributed by atoms with van der Waals surface area (Å²) in [6.45, 7) is 3.73. The molecule has 1 amide bonds. The molecule has 19 heavy (non-hydrogen) atoms. The third-order valence-corrected chi connectivity index (χ3v) is 3.51. The number of nitrogens with zero attached hydrogens (tertiary/aromatic N) is 3. The summed E-state index contributed by atoms with van der Waals surface area (Å²) in [4.78, 5) is 23.3. The van der Waals surface area contributed by atoms with E-state index in [2.05, 4.69) is 15.3 Å². The normalized spacial score (nSPS) is 10.3. The smallest absolute Gasteiger partial charge is 0.265 e. The van der Waals surface area contributed by atoms with Gasteiger partial charge in [0.2, 0.25) is 5.95 Å². The molecule has 0 radical (unpaired) electrons. The van der Waals surface area contributed by atoms with Crippen LogP contribution in [-0.2, 0) is 0 Å². The minimum Gasteiger partial charge on any atom is -0.347 e. The predicted molar refractivity (Wildman–Crippen MR) is 78.1 cm³/mol. The third-order valence-electron chi connectivity index (χ3n) is 2.64. The fourth-order valence-electron chi connectivity index (χ4n) is 1.66. The monoisotopic (exact) mass is 276 g/mol. The molecule has 100 valence electrons. The number of thiophene rings is 1. The van der Waals surface area contributed by atoms with Crippen LogP contribution in [0.15, 0.2) is 17.5 Å². The number of hydrogen-bond donors (Lipinski definition) is 1. The molecule has 0 unspecified atom stereocenters. The number of nitrogens with one attached hydrogen (secondary N) is 1. The van der Waals surface area contributed by atoms with Crippen molar-refractivity contribution in [1.82, 2.24) is 9.97 Å². The first-order valence-electron chi connectivity index (χ1n) is 5.86. The number of amides is 1. The minimum absolute atomic E-state index is 0.123. The molecule has 6 heteroatoms. The van der Waals surface area contributed by atoms with Crippen molar-refractivity contribution in [2.45, 2.75) is 13.8 Å². The molecule has 0 saturated carbocycles. The van der Waals surface area contributed by atoms with Gasteiger partial charge in [-0.15, -0.1) is 11.3 Å². The highest BCUT2D eigenvalue weighted by Crippen LogP contribution is 2.21. The number of aryl methyl sites for hydroxylation is 2. The topological polar surface area (TPSA) is 58.1 Å². The van der Waals surface area contributed by atoms with E-state index in [1.807, 2.05) is 44.3 Å². The summed E-state index contributed by atoms with van der Waals surface area (Å²) in [5, 5.41) is 4.75. The van der Waals surface area contributed by atoms with Crippen molar-refractivity contribution in [1.29, 1.82) is 0 Å². The molecule has 0 aliphatic heterocycles. The van der Waals surface area contributed by atoms with Gasteiger partial charge in [0.15, 0.2) is 0 Å². The van der Waals surface area contributed by atoms with Crippen LogP contribution in [-0.4, -0.2) is 30.0 Å². The molecule has 0 aromatic carbocycles. The van der Waals surface area contributed by atoms with Crippen LogP contribution in [0.4, 0.5) is 11.6 Å². The molecule has 0 bridgehead atoms. The van der Waals surface area contributed by atoms with Gasteiger partial charge < -0.3 is 10.2 Å². The van der Waals surface area contributed by atoms with E-state index in [0.29, 0.717) is 16.5 Å². The highest BCUT2D eigenvalue weighted by atomic mass is 32.1. The number of hydrogen-bond acceptors (Lipinski definition) is 5. The molecule has 0 saturated heterocycles. The van der Waals surface area contributed by atoms with Gasteiger partial charge in [-0.2, -0.15) is 0 Å². The number of rotatable bonds is 3. The molecule has 2 aromatic heterocycles. The molecule has 0 aliphatic rings. The first-order valence-corrected chi connectivity index (χ1v) is 6.74. The van der Waals surface area contributed by atoms with E-state index in [1.54, 1.807) is 6.07 Å². The van der Waals surface area contributed by atoms with Gasteiger partial charge in [-0.1, -0.05) is 6.07 Å². The average molecular weight is 276 g/mol. The maximum atomic E-state index is 12.0. The lowest BCUT2D eigenvalue weighted by Crippen LogP contribution is -2.18. The maximum Gasteiger partial charge on any atom is 0.265 e. The summed E-state index contributed by atoms with van der Waals surface area (Å²) >= 11 is 1.41. The Balaban J connectivity index is 2.28. The van der Waals surface area contributed by atoms with E-state index in [9.17, 15) is 4.79 Å². The Morgan fingerprint density at radius 1 is 1.26 bits per heavy atom. The second kappa shape index (κ2) is 5.36. The third kappa shape index (κ3) is 2.90. The summed E-state index contributed by atoms with van der Waals surface area (Å²) in [6.07, 6.45) is 0. The van der Waals surface area contributed by atoms with Crippen molar-refractivity contribution in [3.63, 3.8) is 0 Å². The van der Waals surface area contributed by atoms with E-state index in [-0.39, 0.29) is 5.91 Å². The molecule has 5 nitrogen and oxygen atoms in total. The Kier molecular flexibility index (Phi) is 3.80. The predicted octanol–water partition coefficient (Wildman–Crippen LogP) is 2.47. The largest absolute Gasteiger partial charge is 0.347 e. The van der Waals surface area contributed by atoms with Crippen molar-refractivity contribution in [3.8, 4) is 0 Å². The maximum absolute atomic E-state index is 12.0. The first kappa shape index (κ1) is 13.5. The van der Waals surface area contributed by atoms with E-state index in [1.165, 1.54) is 11.3 Å². The van der Waals surface area contributed by atoms with Gasteiger partial charge in [0, 0.05) is 14.1 Å². The Hall–Kier alpha value is -1.95. The van der Waals surface area contributed by atoms with Gasteiger partial charge in [-0.05, 0) is 25.3 Å². The van der Waals surface area contributed by atoms with Gasteiger partial charge in [-0.25, -0.2) is 9.97 Å². The number of carbonyl (C=O) groups excluding carboxylic acids is 1. The fraction of sp³-hybridized carbons (Fsp3) is 0.308. The summed E-state index contributed by atoms with van der Waals surface area (Å²) < 4.78 is 0. The summed E-state index contributed by atoms with van der Waals surface area (Å²) in [6, 6.07) is 3.64. The van der Waals surface area contributed by atoms with Crippen molar-refractivity contribution in [2.24, 2.45) is 0 Å². The van der Waals surface area contributed by atoms with Gasteiger partial charge >= 0.3 is 0 Å². The summed E-state index contributed by atoms with van der Waals surface area (Å²) in [7, 11) is 3.77. The Morgan fingerprint density at radius 3 is 2.37 bits per heavy atom. The SMILES string of the molecule is Cc1nc(N(C)C)nc(C)c1NC(=O)c1cccs1. The summed E-state index contributed by atoms with van der Waals surface area (Å²) in [5.41, 5.74) is 2.21. The van der Waals surface area contributed by atoms with Gasteiger partial charge in [-0.3, -0.25) is 4.79 Å². The van der Waals surface area contributed by atoms with Crippen LogP contribution in [0, 0.1) is 13.8 Å².